The van der Waals surface area contributed by atoms with Crippen molar-refractivity contribution in [1.82, 2.24) is 15.4 Å². The van der Waals surface area contributed by atoms with E-state index in [0.717, 1.165) is 49.7 Å². The van der Waals surface area contributed by atoms with Gasteiger partial charge in [0.25, 0.3) is 5.91 Å². The summed E-state index contributed by atoms with van der Waals surface area (Å²) < 4.78 is 0. The summed E-state index contributed by atoms with van der Waals surface area (Å²) in [5, 5.41) is 3.93. The number of hydrogen-bond acceptors (Lipinski definition) is 2. The molecule has 0 fully saturated rings. The zero-order valence-corrected chi connectivity index (χ0v) is 16.5. The summed E-state index contributed by atoms with van der Waals surface area (Å²) in [7, 11) is 0. The van der Waals surface area contributed by atoms with Crippen LogP contribution in [-0.4, -0.2) is 29.0 Å². The van der Waals surface area contributed by atoms with Gasteiger partial charge in [-0.15, -0.1) is 0 Å². The van der Waals surface area contributed by atoms with Crippen LogP contribution in [0.4, 0.5) is 0 Å². The summed E-state index contributed by atoms with van der Waals surface area (Å²) in [5.41, 5.74) is 4.30. The first-order valence-corrected chi connectivity index (χ1v) is 9.84. The van der Waals surface area contributed by atoms with Crippen LogP contribution in [0.1, 0.15) is 62.9 Å². The molecule has 0 atom stereocenters. The number of H-pyrrole nitrogens is 1. The first-order valence-electron chi connectivity index (χ1n) is 9.08. The van der Waals surface area contributed by atoms with Crippen molar-refractivity contribution < 1.29 is 4.79 Å². The molecule has 1 aromatic heterocycles. The summed E-state index contributed by atoms with van der Waals surface area (Å²) in [4.78, 5) is 15.7. The van der Waals surface area contributed by atoms with Crippen molar-refractivity contribution in [2.24, 2.45) is 0 Å². The van der Waals surface area contributed by atoms with Gasteiger partial charge in [0, 0.05) is 29.0 Å². The standard InChI is InChI=1S/C19H27Cl2N3O/c1-3-5-7-9-24(10-8-6-4-2)23-19(25)18-13-15-16(21)11-14(20)12-17(15)22-18/h11-13,22H,3-10H2,1-2H3,(H,23,25). The second-order valence-corrected chi connectivity index (χ2v) is 7.22. The van der Waals surface area contributed by atoms with Crippen molar-refractivity contribution in [1.29, 1.82) is 0 Å². The second kappa shape index (κ2) is 10.0. The Balaban J connectivity index is 2.06. The van der Waals surface area contributed by atoms with Crippen LogP contribution in [0.25, 0.3) is 10.9 Å². The van der Waals surface area contributed by atoms with Crippen LogP contribution in [0.5, 0.6) is 0 Å². The normalized spacial score (nSPS) is 11.4. The van der Waals surface area contributed by atoms with Crippen molar-refractivity contribution in [2.75, 3.05) is 13.1 Å². The first-order chi connectivity index (χ1) is 12.0. The molecule has 0 unspecified atom stereocenters. The monoisotopic (exact) mass is 383 g/mol. The predicted molar refractivity (Wildman–Crippen MR) is 106 cm³/mol. The minimum Gasteiger partial charge on any atom is -0.350 e. The second-order valence-electron chi connectivity index (χ2n) is 6.37. The lowest BCUT2D eigenvalue weighted by Gasteiger charge is -2.22. The van der Waals surface area contributed by atoms with E-state index >= 15 is 0 Å². The third kappa shape index (κ3) is 5.91. The number of halogens is 2. The minimum atomic E-state index is -0.142. The number of carbonyl (C=O) groups is 1. The molecule has 0 aliphatic heterocycles. The Hall–Kier alpha value is -1.23. The number of aromatic nitrogens is 1. The molecule has 0 aliphatic carbocycles. The van der Waals surface area contributed by atoms with Crippen LogP contribution < -0.4 is 5.43 Å². The molecule has 0 aliphatic rings. The van der Waals surface area contributed by atoms with Crippen LogP contribution in [0.2, 0.25) is 10.0 Å². The maximum absolute atomic E-state index is 12.6. The summed E-state index contributed by atoms with van der Waals surface area (Å²) in [6, 6.07) is 5.24. The fourth-order valence-corrected chi connectivity index (χ4v) is 3.36. The topological polar surface area (TPSA) is 48.1 Å². The van der Waals surface area contributed by atoms with E-state index in [1.165, 1.54) is 12.8 Å². The number of rotatable bonds is 10. The number of hydrazine groups is 1. The fourth-order valence-electron chi connectivity index (χ4n) is 2.82. The van der Waals surface area contributed by atoms with E-state index in [4.69, 9.17) is 23.2 Å². The molecule has 0 spiro atoms. The van der Waals surface area contributed by atoms with Crippen LogP contribution in [-0.2, 0) is 0 Å². The molecule has 138 valence electrons. The van der Waals surface area contributed by atoms with Gasteiger partial charge in [0.15, 0.2) is 0 Å². The van der Waals surface area contributed by atoms with Gasteiger partial charge in [0.1, 0.15) is 5.69 Å². The van der Waals surface area contributed by atoms with Gasteiger partial charge in [-0.2, -0.15) is 0 Å². The average Bonchev–Trinajstić information content (AvgIpc) is 2.99. The minimum absolute atomic E-state index is 0.142. The molecule has 0 saturated heterocycles. The number of nitrogens with zero attached hydrogens (tertiary/aromatic N) is 1. The van der Waals surface area contributed by atoms with Gasteiger partial charge in [-0.3, -0.25) is 10.2 Å². The van der Waals surface area contributed by atoms with Crippen LogP contribution in [0.15, 0.2) is 18.2 Å². The molecule has 6 heteroatoms. The van der Waals surface area contributed by atoms with Gasteiger partial charge in [-0.1, -0.05) is 62.7 Å². The van der Waals surface area contributed by atoms with Gasteiger partial charge in [0.05, 0.1) is 5.02 Å². The highest BCUT2D eigenvalue weighted by atomic mass is 35.5. The summed E-state index contributed by atoms with van der Waals surface area (Å²) >= 11 is 12.2. The molecule has 2 rings (SSSR count). The molecule has 0 bridgehead atoms. The molecule has 2 aromatic rings. The van der Waals surface area contributed by atoms with Crippen molar-refractivity contribution in [3.05, 3.63) is 33.9 Å². The fraction of sp³-hybridized carbons (Fsp3) is 0.526. The molecular formula is C19H27Cl2N3O. The molecule has 0 radical (unpaired) electrons. The highest BCUT2D eigenvalue weighted by Gasteiger charge is 2.15. The molecule has 1 amide bonds. The summed E-state index contributed by atoms with van der Waals surface area (Å²) in [6.45, 7) is 6.10. The summed E-state index contributed by atoms with van der Waals surface area (Å²) in [5.74, 6) is -0.142. The third-order valence-electron chi connectivity index (χ3n) is 4.22. The number of hydrogen-bond donors (Lipinski definition) is 2. The maximum atomic E-state index is 12.6. The summed E-state index contributed by atoms with van der Waals surface area (Å²) in [6.07, 6.45) is 6.82. The first kappa shape index (κ1) is 20.1. The quantitative estimate of drug-likeness (QED) is 0.402. The number of unbranched alkanes of at least 4 members (excludes halogenated alkanes) is 4. The van der Waals surface area contributed by atoms with E-state index in [1.54, 1.807) is 18.2 Å². The van der Waals surface area contributed by atoms with E-state index in [-0.39, 0.29) is 5.91 Å². The molecule has 0 saturated carbocycles. The Bertz CT molecular complexity index is 689. The lowest BCUT2D eigenvalue weighted by molar-refractivity contribution is 0.0776. The van der Waals surface area contributed by atoms with Gasteiger partial charge < -0.3 is 4.98 Å². The number of amides is 1. The number of benzene rings is 1. The largest absolute Gasteiger partial charge is 0.350 e. The molecular weight excluding hydrogens is 357 g/mol. The number of carbonyl (C=O) groups excluding carboxylic acids is 1. The number of aromatic amines is 1. The van der Waals surface area contributed by atoms with Crippen LogP contribution >= 0.6 is 23.2 Å². The van der Waals surface area contributed by atoms with E-state index in [0.29, 0.717) is 15.7 Å². The Morgan fingerprint density at radius 2 is 1.68 bits per heavy atom. The lowest BCUT2D eigenvalue weighted by atomic mass is 10.2. The van der Waals surface area contributed by atoms with Crippen LogP contribution in [0.3, 0.4) is 0 Å². The highest BCUT2D eigenvalue weighted by Crippen LogP contribution is 2.28. The van der Waals surface area contributed by atoms with E-state index in [2.05, 4.69) is 24.3 Å². The van der Waals surface area contributed by atoms with E-state index < -0.39 is 0 Å². The number of fused-ring (bicyclic) bond motifs is 1. The average molecular weight is 384 g/mol. The molecule has 1 aromatic carbocycles. The maximum Gasteiger partial charge on any atom is 0.282 e. The van der Waals surface area contributed by atoms with Gasteiger partial charge >= 0.3 is 0 Å². The molecule has 25 heavy (non-hydrogen) atoms. The smallest absolute Gasteiger partial charge is 0.282 e. The van der Waals surface area contributed by atoms with Crippen molar-refractivity contribution in [3.63, 3.8) is 0 Å². The Labute approximate surface area is 159 Å². The van der Waals surface area contributed by atoms with Gasteiger partial charge in [0.2, 0.25) is 0 Å². The predicted octanol–water partition coefficient (Wildman–Crippen LogP) is 5.80. The van der Waals surface area contributed by atoms with Crippen molar-refractivity contribution in [2.45, 2.75) is 52.4 Å². The zero-order valence-electron chi connectivity index (χ0n) is 15.0. The van der Waals surface area contributed by atoms with E-state index in [1.807, 2.05) is 5.01 Å². The van der Waals surface area contributed by atoms with Gasteiger partial charge in [-0.25, -0.2) is 5.01 Å². The third-order valence-corrected chi connectivity index (χ3v) is 4.75. The van der Waals surface area contributed by atoms with Gasteiger partial charge in [-0.05, 0) is 31.0 Å². The SMILES string of the molecule is CCCCCN(CCCCC)NC(=O)c1cc2c(Cl)cc(Cl)cc2[nH]1. The van der Waals surface area contributed by atoms with E-state index in [9.17, 15) is 4.79 Å². The van der Waals surface area contributed by atoms with Crippen LogP contribution in [0, 0.1) is 0 Å². The van der Waals surface area contributed by atoms with Crippen molar-refractivity contribution in [3.8, 4) is 0 Å². The zero-order chi connectivity index (χ0) is 18.2. The van der Waals surface area contributed by atoms with Crippen molar-refractivity contribution >= 4 is 40.0 Å². The molecule has 4 nitrogen and oxygen atoms in total. The Kier molecular flexibility index (Phi) is 8.07. The molecule has 2 N–H and O–H groups in total. The Morgan fingerprint density at radius 3 is 2.28 bits per heavy atom. The lowest BCUT2D eigenvalue weighted by Crippen LogP contribution is -2.43. The number of nitrogens with one attached hydrogen (secondary N) is 2. The highest BCUT2D eigenvalue weighted by molar-refractivity contribution is 6.38. The molecule has 1 heterocycles. The Morgan fingerprint density at radius 1 is 1.04 bits per heavy atom.